The molecule has 0 spiro atoms. The molecule has 0 unspecified atom stereocenters. The summed E-state index contributed by atoms with van der Waals surface area (Å²) in [6, 6.07) is 0. The fraction of sp³-hybridized carbons (Fsp3) is 0.750. The van der Waals surface area contributed by atoms with Gasteiger partial charge in [0.05, 0.1) is 6.54 Å². The Hall–Kier alpha value is -0.940. The first-order valence-electron chi connectivity index (χ1n) is 4.37. The van der Waals surface area contributed by atoms with Crippen molar-refractivity contribution in [3.63, 3.8) is 0 Å². The number of aryl methyl sites for hydroxylation is 1. The van der Waals surface area contributed by atoms with Crippen molar-refractivity contribution in [2.45, 2.75) is 13.0 Å². The monoisotopic (exact) mass is 184 g/mol. The summed E-state index contributed by atoms with van der Waals surface area (Å²) in [7, 11) is 3.65. The van der Waals surface area contributed by atoms with E-state index in [1.807, 2.05) is 11.6 Å². The lowest BCUT2D eigenvalue weighted by atomic mass is 10.4. The third-order valence-corrected chi connectivity index (χ3v) is 1.79. The molecule has 1 rings (SSSR count). The number of nitrogens with zero attached hydrogens (tertiary/aromatic N) is 3. The molecule has 1 heterocycles. The molecule has 74 valence electrons. The smallest absolute Gasteiger partial charge is 0.146 e. The van der Waals surface area contributed by atoms with Gasteiger partial charge in [0.15, 0.2) is 0 Å². The lowest BCUT2D eigenvalue weighted by Crippen LogP contribution is -2.18. The molecular formula is C8H16N4O. The highest BCUT2D eigenvalue weighted by Gasteiger charge is 1.97. The third-order valence-electron chi connectivity index (χ3n) is 1.79. The fourth-order valence-corrected chi connectivity index (χ4v) is 1.01. The number of aromatic nitrogens is 3. The van der Waals surface area contributed by atoms with Crippen molar-refractivity contribution in [3.8, 4) is 0 Å². The summed E-state index contributed by atoms with van der Waals surface area (Å²) in [6.07, 6.45) is 2.72. The van der Waals surface area contributed by atoms with E-state index in [-0.39, 0.29) is 0 Å². The summed E-state index contributed by atoms with van der Waals surface area (Å²) in [4.78, 5) is 0. The molecule has 0 radical (unpaired) electrons. The van der Waals surface area contributed by atoms with Crippen LogP contribution in [-0.4, -0.2) is 35.0 Å². The van der Waals surface area contributed by atoms with Gasteiger partial charge in [0.1, 0.15) is 12.2 Å². The number of rotatable bonds is 6. The van der Waals surface area contributed by atoms with Crippen LogP contribution >= 0.6 is 0 Å². The third kappa shape index (κ3) is 3.52. The second-order valence-corrected chi connectivity index (χ2v) is 2.88. The Labute approximate surface area is 78.1 Å². The SMILES string of the molecule is COCCCNCc1nncn1C. The number of hydrogen-bond acceptors (Lipinski definition) is 4. The Morgan fingerprint density at radius 2 is 2.46 bits per heavy atom. The number of nitrogens with one attached hydrogen (secondary N) is 1. The molecule has 1 N–H and O–H groups in total. The van der Waals surface area contributed by atoms with Gasteiger partial charge in [-0.2, -0.15) is 0 Å². The highest BCUT2D eigenvalue weighted by Crippen LogP contribution is 1.89. The average Bonchev–Trinajstić information content (AvgIpc) is 2.52. The van der Waals surface area contributed by atoms with Crippen LogP contribution in [0.15, 0.2) is 6.33 Å². The Morgan fingerprint density at radius 3 is 3.08 bits per heavy atom. The van der Waals surface area contributed by atoms with E-state index in [0.29, 0.717) is 0 Å². The van der Waals surface area contributed by atoms with Crippen molar-refractivity contribution >= 4 is 0 Å². The Morgan fingerprint density at radius 1 is 1.62 bits per heavy atom. The molecule has 1 aromatic heterocycles. The van der Waals surface area contributed by atoms with Crippen LogP contribution in [0.3, 0.4) is 0 Å². The summed E-state index contributed by atoms with van der Waals surface area (Å²) in [5.74, 6) is 0.956. The minimum absolute atomic E-state index is 0.764. The summed E-state index contributed by atoms with van der Waals surface area (Å²) >= 11 is 0. The highest BCUT2D eigenvalue weighted by atomic mass is 16.5. The van der Waals surface area contributed by atoms with E-state index in [2.05, 4.69) is 15.5 Å². The van der Waals surface area contributed by atoms with Crippen LogP contribution in [0.4, 0.5) is 0 Å². The standard InChI is InChI=1S/C8H16N4O/c1-12-7-10-11-8(12)6-9-4-3-5-13-2/h7,9H,3-6H2,1-2H3. The van der Waals surface area contributed by atoms with Gasteiger partial charge in [-0.3, -0.25) is 0 Å². The molecule has 5 nitrogen and oxygen atoms in total. The lowest BCUT2D eigenvalue weighted by molar-refractivity contribution is 0.194. The molecule has 1 aromatic rings. The largest absolute Gasteiger partial charge is 0.385 e. The van der Waals surface area contributed by atoms with Crippen LogP contribution in [0.2, 0.25) is 0 Å². The summed E-state index contributed by atoms with van der Waals surface area (Å²) in [5, 5.41) is 11.0. The van der Waals surface area contributed by atoms with E-state index in [0.717, 1.165) is 31.9 Å². The normalized spacial score (nSPS) is 10.6. The van der Waals surface area contributed by atoms with E-state index in [4.69, 9.17) is 4.74 Å². The van der Waals surface area contributed by atoms with Crippen LogP contribution < -0.4 is 5.32 Å². The fourth-order valence-electron chi connectivity index (χ4n) is 1.01. The van der Waals surface area contributed by atoms with Gasteiger partial charge in [-0.25, -0.2) is 0 Å². The zero-order chi connectivity index (χ0) is 9.52. The van der Waals surface area contributed by atoms with Crippen molar-refractivity contribution in [1.29, 1.82) is 0 Å². The summed E-state index contributed by atoms with van der Waals surface area (Å²) in [5.41, 5.74) is 0. The molecule has 0 amide bonds. The van der Waals surface area contributed by atoms with E-state index in [9.17, 15) is 0 Å². The molecule has 0 aliphatic heterocycles. The average molecular weight is 184 g/mol. The first-order chi connectivity index (χ1) is 6.34. The van der Waals surface area contributed by atoms with Crippen LogP contribution in [-0.2, 0) is 18.3 Å². The maximum atomic E-state index is 4.93. The number of ether oxygens (including phenoxy) is 1. The molecular weight excluding hydrogens is 168 g/mol. The van der Waals surface area contributed by atoms with E-state index < -0.39 is 0 Å². The second kappa shape index (κ2) is 5.66. The topological polar surface area (TPSA) is 52.0 Å². The van der Waals surface area contributed by atoms with Gasteiger partial charge in [0.2, 0.25) is 0 Å². The predicted molar refractivity (Wildman–Crippen MR) is 49.2 cm³/mol. The molecule has 0 aromatic carbocycles. The van der Waals surface area contributed by atoms with Crippen LogP contribution in [0, 0.1) is 0 Å². The van der Waals surface area contributed by atoms with Gasteiger partial charge in [-0.1, -0.05) is 0 Å². The van der Waals surface area contributed by atoms with E-state index >= 15 is 0 Å². The zero-order valence-corrected chi connectivity index (χ0v) is 8.16. The van der Waals surface area contributed by atoms with Crippen LogP contribution in [0.25, 0.3) is 0 Å². The maximum absolute atomic E-state index is 4.93. The van der Waals surface area contributed by atoms with E-state index in [1.165, 1.54) is 0 Å². The molecule has 0 saturated heterocycles. The highest BCUT2D eigenvalue weighted by molar-refractivity contribution is 4.82. The van der Waals surface area contributed by atoms with Crippen LogP contribution in [0.5, 0.6) is 0 Å². The molecule has 0 saturated carbocycles. The minimum Gasteiger partial charge on any atom is -0.385 e. The number of methoxy groups -OCH3 is 1. The van der Waals surface area contributed by atoms with Gasteiger partial charge >= 0.3 is 0 Å². The Kier molecular flexibility index (Phi) is 4.42. The first kappa shape index (κ1) is 10.1. The van der Waals surface area contributed by atoms with Crippen molar-refractivity contribution in [2.75, 3.05) is 20.3 Å². The quantitative estimate of drug-likeness (QED) is 0.629. The van der Waals surface area contributed by atoms with Gasteiger partial charge in [0, 0.05) is 20.8 Å². The predicted octanol–water partition coefficient (Wildman–Crippen LogP) is -0.0588. The van der Waals surface area contributed by atoms with Crippen molar-refractivity contribution < 1.29 is 4.74 Å². The molecule has 0 aliphatic rings. The van der Waals surface area contributed by atoms with Gasteiger partial charge in [-0.15, -0.1) is 10.2 Å². The maximum Gasteiger partial charge on any atom is 0.146 e. The first-order valence-corrected chi connectivity index (χ1v) is 4.37. The van der Waals surface area contributed by atoms with Crippen molar-refractivity contribution in [3.05, 3.63) is 12.2 Å². The zero-order valence-electron chi connectivity index (χ0n) is 8.16. The Balaban J connectivity index is 2.10. The second-order valence-electron chi connectivity index (χ2n) is 2.88. The molecule has 0 fully saturated rings. The number of hydrogen-bond donors (Lipinski definition) is 1. The summed E-state index contributed by atoms with van der Waals surface area (Å²) < 4.78 is 6.84. The molecule has 0 bridgehead atoms. The van der Waals surface area contributed by atoms with Crippen molar-refractivity contribution in [1.82, 2.24) is 20.1 Å². The van der Waals surface area contributed by atoms with Crippen LogP contribution in [0.1, 0.15) is 12.2 Å². The van der Waals surface area contributed by atoms with Gasteiger partial charge in [-0.05, 0) is 13.0 Å². The van der Waals surface area contributed by atoms with E-state index in [1.54, 1.807) is 13.4 Å². The molecule has 0 atom stereocenters. The van der Waals surface area contributed by atoms with Gasteiger partial charge in [0.25, 0.3) is 0 Å². The Bertz CT molecular complexity index is 236. The molecule has 13 heavy (non-hydrogen) atoms. The molecule has 0 aliphatic carbocycles. The summed E-state index contributed by atoms with van der Waals surface area (Å²) in [6.45, 7) is 2.51. The minimum atomic E-state index is 0.764. The van der Waals surface area contributed by atoms with Gasteiger partial charge < -0.3 is 14.6 Å². The molecule has 5 heteroatoms. The lowest BCUT2D eigenvalue weighted by Gasteiger charge is -2.02. The van der Waals surface area contributed by atoms with Crippen molar-refractivity contribution in [2.24, 2.45) is 7.05 Å².